The molecule has 2 aliphatic heterocycles. The minimum absolute atomic E-state index is 0.124. The monoisotopic (exact) mass is 365 g/mol. The van der Waals surface area contributed by atoms with Crippen molar-refractivity contribution in [1.82, 2.24) is 9.88 Å². The predicted molar refractivity (Wildman–Crippen MR) is 106 cm³/mol. The van der Waals surface area contributed by atoms with E-state index in [1.165, 1.54) is 10.9 Å². The maximum atomic E-state index is 15.0. The summed E-state index contributed by atoms with van der Waals surface area (Å²) in [5.41, 5.74) is 5.32. The van der Waals surface area contributed by atoms with Crippen LogP contribution in [0, 0.1) is 5.82 Å². The fourth-order valence-corrected chi connectivity index (χ4v) is 4.44. The number of H-pyrrole nitrogens is 1. The average molecular weight is 365 g/mol. The Hall–Kier alpha value is -2.37. The molecule has 1 atom stereocenters. The van der Waals surface area contributed by atoms with Crippen LogP contribution in [0.1, 0.15) is 22.7 Å². The third-order valence-electron chi connectivity index (χ3n) is 5.80. The molecule has 3 heterocycles. The van der Waals surface area contributed by atoms with Crippen LogP contribution in [0.3, 0.4) is 0 Å². The number of benzene rings is 2. The molecule has 5 heteroatoms. The average Bonchev–Trinajstić information content (AvgIpc) is 3.12. The molecule has 1 fully saturated rings. The van der Waals surface area contributed by atoms with E-state index < -0.39 is 0 Å². The number of hydrogen-bond donors (Lipinski definition) is 1. The van der Waals surface area contributed by atoms with E-state index in [1.54, 1.807) is 6.07 Å². The number of rotatable bonds is 2. The van der Waals surface area contributed by atoms with Gasteiger partial charge < -0.3 is 19.5 Å². The van der Waals surface area contributed by atoms with Crippen LogP contribution < -0.4 is 4.90 Å². The second-order valence-electron chi connectivity index (χ2n) is 7.66. The number of morpholine rings is 1. The van der Waals surface area contributed by atoms with Crippen LogP contribution in [0.2, 0.25) is 0 Å². The Bertz CT molecular complexity index is 944. The van der Waals surface area contributed by atoms with Crippen LogP contribution in [0.15, 0.2) is 42.5 Å². The van der Waals surface area contributed by atoms with Crippen LogP contribution >= 0.6 is 0 Å². The van der Waals surface area contributed by atoms with Gasteiger partial charge >= 0.3 is 0 Å². The van der Waals surface area contributed by atoms with Crippen molar-refractivity contribution in [2.24, 2.45) is 0 Å². The van der Waals surface area contributed by atoms with E-state index in [0.29, 0.717) is 18.9 Å². The Morgan fingerprint density at radius 3 is 2.74 bits per heavy atom. The molecule has 1 aromatic heterocycles. The number of ether oxygens (including phenoxy) is 1. The van der Waals surface area contributed by atoms with Gasteiger partial charge in [-0.3, -0.25) is 0 Å². The van der Waals surface area contributed by atoms with Gasteiger partial charge in [-0.1, -0.05) is 18.2 Å². The molecule has 1 N–H and O–H groups in total. The largest absolute Gasteiger partial charge is 0.378 e. The van der Waals surface area contributed by atoms with Crippen molar-refractivity contribution in [3.8, 4) is 0 Å². The normalized spacial score (nSPS) is 20.8. The molecule has 5 rings (SSSR count). The molecule has 1 unspecified atom stereocenters. The predicted octanol–water partition coefficient (Wildman–Crippen LogP) is 3.72. The van der Waals surface area contributed by atoms with Crippen LogP contribution in [0.25, 0.3) is 10.9 Å². The minimum Gasteiger partial charge on any atom is -0.378 e. The Morgan fingerprint density at radius 2 is 1.93 bits per heavy atom. The fraction of sp³-hybridized carbons (Fsp3) is 0.364. The van der Waals surface area contributed by atoms with Gasteiger partial charge in [-0.05, 0) is 47.8 Å². The SMILES string of the molecule is CN1Cc2cc(N3CCOCC3)c(F)cc2C(c2cc3ccccc3[nH]2)C1. The number of nitrogens with zero attached hydrogens (tertiary/aromatic N) is 2. The lowest BCUT2D eigenvalue weighted by molar-refractivity contribution is 0.122. The molecule has 4 nitrogen and oxygen atoms in total. The summed E-state index contributed by atoms with van der Waals surface area (Å²) in [5.74, 6) is 0.0284. The van der Waals surface area contributed by atoms with Gasteiger partial charge in [-0.2, -0.15) is 0 Å². The Morgan fingerprint density at radius 1 is 1.11 bits per heavy atom. The maximum absolute atomic E-state index is 15.0. The first-order chi connectivity index (χ1) is 13.2. The molecule has 0 radical (unpaired) electrons. The van der Waals surface area contributed by atoms with Gasteiger partial charge in [-0.25, -0.2) is 4.39 Å². The van der Waals surface area contributed by atoms with Crippen molar-refractivity contribution in [1.29, 1.82) is 0 Å². The fourth-order valence-electron chi connectivity index (χ4n) is 4.44. The summed E-state index contributed by atoms with van der Waals surface area (Å²) in [6.07, 6.45) is 0. The summed E-state index contributed by atoms with van der Waals surface area (Å²) in [5, 5.41) is 1.20. The highest BCUT2D eigenvalue weighted by Gasteiger charge is 2.28. The number of aromatic amines is 1. The van der Waals surface area contributed by atoms with Gasteiger partial charge in [0.25, 0.3) is 0 Å². The summed E-state index contributed by atoms with van der Waals surface area (Å²) in [6, 6.07) is 14.3. The van der Waals surface area contributed by atoms with Crippen molar-refractivity contribution >= 4 is 16.6 Å². The van der Waals surface area contributed by atoms with E-state index in [-0.39, 0.29) is 11.7 Å². The van der Waals surface area contributed by atoms with E-state index in [0.717, 1.165) is 43.0 Å². The first-order valence-corrected chi connectivity index (χ1v) is 9.60. The van der Waals surface area contributed by atoms with Gasteiger partial charge in [0.15, 0.2) is 0 Å². The molecule has 1 saturated heterocycles. The van der Waals surface area contributed by atoms with Crippen LogP contribution in [0.4, 0.5) is 10.1 Å². The number of halogens is 1. The van der Waals surface area contributed by atoms with Crippen molar-refractivity contribution in [2.75, 3.05) is 44.8 Å². The first-order valence-electron chi connectivity index (χ1n) is 9.60. The number of anilines is 1. The molecule has 0 bridgehead atoms. The van der Waals surface area contributed by atoms with Crippen LogP contribution in [-0.2, 0) is 11.3 Å². The zero-order valence-electron chi connectivity index (χ0n) is 15.5. The van der Waals surface area contributed by atoms with E-state index in [4.69, 9.17) is 4.74 Å². The van der Waals surface area contributed by atoms with Crippen molar-refractivity contribution in [3.05, 3.63) is 65.1 Å². The summed E-state index contributed by atoms with van der Waals surface area (Å²) in [4.78, 5) is 7.97. The Kier molecular flexibility index (Phi) is 4.14. The second kappa shape index (κ2) is 6.66. The number of likely N-dealkylation sites (N-methyl/N-ethyl adjacent to an activating group) is 1. The lowest BCUT2D eigenvalue weighted by Crippen LogP contribution is -2.37. The number of fused-ring (bicyclic) bond motifs is 2. The molecular formula is C22H24FN3O. The summed E-state index contributed by atoms with van der Waals surface area (Å²) in [6.45, 7) is 4.55. The molecule has 0 aliphatic carbocycles. The molecule has 3 aromatic rings. The van der Waals surface area contributed by atoms with E-state index in [9.17, 15) is 0 Å². The van der Waals surface area contributed by atoms with Crippen molar-refractivity contribution < 1.29 is 9.13 Å². The van der Waals surface area contributed by atoms with Gasteiger partial charge in [0.05, 0.1) is 18.9 Å². The Balaban J connectivity index is 1.57. The first kappa shape index (κ1) is 16.8. The van der Waals surface area contributed by atoms with Crippen LogP contribution in [0.5, 0.6) is 0 Å². The molecule has 140 valence electrons. The molecule has 2 aliphatic rings. The standard InChI is InChI=1S/C22H24FN3O/c1-25-13-16-11-22(26-6-8-27-9-7-26)19(23)12-17(16)18(14-25)21-10-15-4-2-3-5-20(15)24-21/h2-5,10-12,18,24H,6-9,13-14H2,1H3. The number of nitrogens with one attached hydrogen (secondary N) is 1. The third kappa shape index (κ3) is 3.01. The van der Waals surface area contributed by atoms with Gasteiger partial charge in [0.2, 0.25) is 0 Å². The van der Waals surface area contributed by atoms with Crippen LogP contribution in [-0.4, -0.2) is 49.8 Å². The third-order valence-corrected chi connectivity index (χ3v) is 5.80. The summed E-state index contributed by atoms with van der Waals surface area (Å²) < 4.78 is 20.5. The zero-order chi connectivity index (χ0) is 18.4. The molecule has 2 aromatic carbocycles. The number of hydrogen-bond acceptors (Lipinski definition) is 3. The lowest BCUT2D eigenvalue weighted by atomic mass is 9.87. The van der Waals surface area contributed by atoms with Gasteiger partial charge in [-0.15, -0.1) is 0 Å². The van der Waals surface area contributed by atoms with Gasteiger partial charge in [0, 0.05) is 43.3 Å². The number of para-hydroxylation sites is 1. The molecule has 0 spiro atoms. The Labute approximate surface area is 158 Å². The highest BCUT2D eigenvalue weighted by atomic mass is 19.1. The molecule has 0 saturated carbocycles. The minimum atomic E-state index is -0.124. The molecular weight excluding hydrogens is 341 g/mol. The summed E-state index contributed by atoms with van der Waals surface area (Å²) >= 11 is 0. The maximum Gasteiger partial charge on any atom is 0.146 e. The van der Waals surface area contributed by atoms with E-state index >= 15 is 4.39 Å². The highest BCUT2D eigenvalue weighted by molar-refractivity contribution is 5.80. The molecule has 0 amide bonds. The van der Waals surface area contributed by atoms with Crippen molar-refractivity contribution in [2.45, 2.75) is 12.5 Å². The van der Waals surface area contributed by atoms with E-state index in [1.807, 2.05) is 6.07 Å². The highest BCUT2D eigenvalue weighted by Crippen LogP contribution is 2.37. The zero-order valence-corrected chi connectivity index (χ0v) is 15.5. The quantitative estimate of drug-likeness (QED) is 0.751. The molecule has 27 heavy (non-hydrogen) atoms. The van der Waals surface area contributed by atoms with E-state index in [2.05, 4.69) is 52.2 Å². The number of aromatic nitrogens is 1. The van der Waals surface area contributed by atoms with Gasteiger partial charge in [0.1, 0.15) is 5.82 Å². The summed E-state index contributed by atoms with van der Waals surface area (Å²) in [7, 11) is 2.14. The topological polar surface area (TPSA) is 31.5 Å². The second-order valence-corrected chi connectivity index (χ2v) is 7.66. The van der Waals surface area contributed by atoms with Crippen molar-refractivity contribution in [3.63, 3.8) is 0 Å². The smallest absolute Gasteiger partial charge is 0.146 e. The lowest BCUT2D eigenvalue weighted by Gasteiger charge is -2.34.